The van der Waals surface area contributed by atoms with Crippen LogP contribution < -0.4 is 4.74 Å². The monoisotopic (exact) mass is 417 g/mol. The summed E-state index contributed by atoms with van der Waals surface area (Å²) in [6.07, 6.45) is 3.01. The summed E-state index contributed by atoms with van der Waals surface area (Å²) in [6.45, 7) is 0.446. The zero-order chi connectivity index (χ0) is 21.4. The van der Waals surface area contributed by atoms with E-state index in [1.807, 2.05) is 24.3 Å². The molecule has 3 rings (SSSR count). The van der Waals surface area contributed by atoms with Crippen molar-refractivity contribution >= 4 is 12.2 Å². The van der Waals surface area contributed by atoms with E-state index < -0.39 is 11.7 Å². The van der Waals surface area contributed by atoms with E-state index in [9.17, 15) is 13.2 Å². The molecule has 0 bridgehead atoms. The summed E-state index contributed by atoms with van der Waals surface area (Å²) in [5, 5.41) is 8.82. The molecule has 4 nitrogen and oxygen atoms in total. The van der Waals surface area contributed by atoms with E-state index in [2.05, 4.69) is 4.98 Å². The van der Waals surface area contributed by atoms with Crippen LogP contribution in [0, 0.1) is 0 Å². The highest BCUT2D eigenvalue weighted by Crippen LogP contribution is 2.29. The molecule has 0 aliphatic rings. The van der Waals surface area contributed by atoms with E-state index in [0.29, 0.717) is 22.9 Å². The number of oxazole rings is 1. The van der Waals surface area contributed by atoms with Gasteiger partial charge in [0.15, 0.2) is 0 Å². The number of nitrogens with zero attached hydrogens (tertiary/aromatic N) is 1. The normalized spacial score (nSPS) is 11.9. The van der Waals surface area contributed by atoms with Gasteiger partial charge in [-0.25, -0.2) is 4.98 Å². The number of hydrogen-bond donors (Lipinski definition) is 1. The lowest BCUT2D eigenvalue weighted by atomic mass is 10.1. The lowest BCUT2D eigenvalue weighted by Gasteiger charge is -2.05. The lowest BCUT2D eigenvalue weighted by Crippen LogP contribution is -2.03. The topological polar surface area (TPSA) is 55.5 Å². The Kier molecular flexibility index (Phi) is 7.30. The van der Waals surface area contributed by atoms with Gasteiger partial charge in [0.25, 0.3) is 0 Å². The van der Waals surface area contributed by atoms with Crippen molar-refractivity contribution in [3.8, 4) is 5.75 Å². The van der Waals surface area contributed by atoms with Crippen LogP contribution in [-0.4, -0.2) is 16.7 Å². The Balaban J connectivity index is 1.51. The minimum absolute atomic E-state index is 0.209. The number of aryl methyl sites for hydroxylation is 1. The first-order chi connectivity index (χ1) is 14.4. The van der Waals surface area contributed by atoms with Crippen molar-refractivity contribution in [2.24, 2.45) is 0 Å². The van der Waals surface area contributed by atoms with E-state index in [1.165, 1.54) is 24.0 Å². The molecule has 1 N–H and O–H groups in total. The fourth-order valence-corrected chi connectivity index (χ4v) is 2.77. The summed E-state index contributed by atoms with van der Waals surface area (Å²) in [6, 6.07) is 12.6. The largest absolute Gasteiger partial charge is 0.487 e. The molecule has 30 heavy (non-hydrogen) atoms. The number of hydrogen-bond acceptors (Lipinski definition) is 4. The molecule has 2 aromatic carbocycles. The van der Waals surface area contributed by atoms with Crippen LogP contribution in [0.25, 0.3) is 12.2 Å². The molecule has 0 amide bonds. The Labute approximate surface area is 172 Å². The van der Waals surface area contributed by atoms with Crippen molar-refractivity contribution in [3.63, 3.8) is 0 Å². The number of halogens is 3. The molecule has 0 unspecified atom stereocenters. The highest BCUT2D eigenvalue weighted by Gasteiger charge is 2.29. The lowest BCUT2D eigenvalue weighted by molar-refractivity contribution is -0.137. The van der Waals surface area contributed by atoms with Gasteiger partial charge in [-0.05, 0) is 60.7 Å². The Morgan fingerprint density at radius 3 is 2.37 bits per heavy atom. The van der Waals surface area contributed by atoms with Gasteiger partial charge < -0.3 is 14.3 Å². The third-order valence-electron chi connectivity index (χ3n) is 4.41. The molecule has 0 aliphatic carbocycles. The quantitative estimate of drug-likeness (QED) is 0.450. The number of aliphatic hydroxyl groups excluding tert-OH is 1. The second kappa shape index (κ2) is 10.1. The fraction of sp³-hybridized carbons (Fsp3) is 0.261. The standard InChI is InChI=1S/C23H22F3NO3/c24-23(25,26)19-9-4-18(5-10-19)8-13-22-27-20(16-30-22)15-29-21-11-6-17(7-12-21)3-1-2-14-28/h4-13,16,28H,1-3,14-15H2/b13-8+. The third kappa shape index (κ3) is 6.49. The van der Waals surface area contributed by atoms with Crippen LogP contribution in [0.15, 0.2) is 59.2 Å². The second-order valence-corrected chi connectivity index (χ2v) is 6.74. The van der Waals surface area contributed by atoms with Gasteiger partial charge in [-0.2, -0.15) is 13.2 Å². The van der Waals surface area contributed by atoms with Gasteiger partial charge in [0.2, 0.25) is 5.89 Å². The van der Waals surface area contributed by atoms with E-state index in [1.54, 1.807) is 12.2 Å². The van der Waals surface area contributed by atoms with Crippen LogP contribution in [-0.2, 0) is 19.2 Å². The minimum Gasteiger partial charge on any atom is -0.487 e. The second-order valence-electron chi connectivity index (χ2n) is 6.74. The Hall–Kier alpha value is -3.06. The average Bonchev–Trinajstić information content (AvgIpc) is 3.19. The smallest absolute Gasteiger partial charge is 0.416 e. The van der Waals surface area contributed by atoms with Crippen molar-refractivity contribution in [1.29, 1.82) is 0 Å². The first-order valence-corrected chi connectivity index (χ1v) is 9.56. The van der Waals surface area contributed by atoms with E-state index in [-0.39, 0.29) is 13.2 Å². The first kappa shape index (κ1) is 21.6. The molecule has 0 fully saturated rings. The van der Waals surface area contributed by atoms with E-state index >= 15 is 0 Å². The van der Waals surface area contributed by atoms with Crippen LogP contribution >= 0.6 is 0 Å². The fourth-order valence-electron chi connectivity index (χ4n) is 2.77. The van der Waals surface area contributed by atoms with E-state index in [4.69, 9.17) is 14.3 Å². The van der Waals surface area contributed by atoms with Gasteiger partial charge in [-0.3, -0.25) is 0 Å². The maximum atomic E-state index is 12.6. The van der Waals surface area contributed by atoms with Gasteiger partial charge in [0.05, 0.1) is 5.56 Å². The molecule has 1 aromatic heterocycles. The molecule has 1 heterocycles. The summed E-state index contributed by atoms with van der Waals surface area (Å²) in [4.78, 5) is 4.28. The number of alkyl halides is 3. The zero-order valence-electron chi connectivity index (χ0n) is 16.2. The summed E-state index contributed by atoms with van der Waals surface area (Å²) < 4.78 is 48.8. The molecule has 0 saturated carbocycles. The van der Waals surface area contributed by atoms with Gasteiger partial charge in [0.1, 0.15) is 24.3 Å². The molecular formula is C23H22F3NO3. The van der Waals surface area contributed by atoms with Gasteiger partial charge >= 0.3 is 6.18 Å². The molecule has 0 radical (unpaired) electrons. The summed E-state index contributed by atoms with van der Waals surface area (Å²) in [5.41, 5.74) is 1.72. The van der Waals surface area contributed by atoms with Crippen molar-refractivity contribution in [2.45, 2.75) is 32.0 Å². The highest BCUT2D eigenvalue weighted by atomic mass is 19.4. The summed E-state index contributed by atoms with van der Waals surface area (Å²) >= 11 is 0. The number of unbranched alkanes of at least 4 members (excludes halogenated alkanes) is 1. The number of ether oxygens (including phenoxy) is 1. The zero-order valence-corrected chi connectivity index (χ0v) is 16.2. The predicted molar refractivity (Wildman–Crippen MR) is 108 cm³/mol. The van der Waals surface area contributed by atoms with Crippen molar-refractivity contribution in [1.82, 2.24) is 4.98 Å². The van der Waals surface area contributed by atoms with Crippen LogP contribution in [0.1, 0.15) is 41.1 Å². The third-order valence-corrected chi connectivity index (χ3v) is 4.41. The van der Waals surface area contributed by atoms with E-state index in [0.717, 1.165) is 31.4 Å². The summed E-state index contributed by atoms with van der Waals surface area (Å²) in [5.74, 6) is 1.05. The van der Waals surface area contributed by atoms with Crippen LogP contribution in [0.3, 0.4) is 0 Å². The Morgan fingerprint density at radius 1 is 0.967 bits per heavy atom. The van der Waals surface area contributed by atoms with Gasteiger partial charge in [-0.1, -0.05) is 24.3 Å². The number of rotatable bonds is 9. The van der Waals surface area contributed by atoms with Gasteiger partial charge in [0, 0.05) is 12.7 Å². The SMILES string of the molecule is OCCCCc1ccc(OCc2coc(/C=C/c3ccc(C(F)(F)F)cc3)n2)cc1. The molecule has 0 saturated heterocycles. The number of benzene rings is 2. The molecule has 0 atom stereocenters. The molecule has 7 heteroatoms. The van der Waals surface area contributed by atoms with Crippen molar-refractivity contribution < 1.29 is 27.4 Å². The molecule has 158 valence electrons. The minimum atomic E-state index is -4.35. The van der Waals surface area contributed by atoms with Crippen molar-refractivity contribution in [2.75, 3.05) is 6.61 Å². The maximum Gasteiger partial charge on any atom is 0.416 e. The maximum absolute atomic E-state index is 12.6. The van der Waals surface area contributed by atoms with Crippen LogP contribution in [0.5, 0.6) is 5.75 Å². The molecular weight excluding hydrogens is 395 g/mol. The number of aliphatic hydroxyl groups is 1. The highest BCUT2D eigenvalue weighted by molar-refractivity contribution is 5.66. The number of aromatic nitrogens is 1. The van der Waals surface area contributed by atoms with Crippen LogP contribution in [0.4, 0.5) is 13.2 Å². The Morgan fingerprint density at radius 2 is 1.70 bits per heavy atom. The molecule has 0 aliphatic heterocycles. The average molecular weight is 417 g/mol. The first-order valence-electron chi connectivity index (χ1n) is 9.56. The Bertz CT molecular complexity index is 945. The molecule has 3 aromatic rings. The van der Waals surface area contributed by atoms with Crippen LogP contribution in [0.2, 0.25) is 0 Å². The van der Waals surface area contributed by atoms with Crippen molar-refractivity contribution in [3.05, 3.63) is 83.1 Å². The molecule has 0 spiro atoms. The van der Waals surface area contributed by atoms with Gasteiger partial charge in [-0.15, -0.1) is 0 Å². The predicted octanol–water partition coefficient (Wildman–Crippen LogP) is 5.76. The summed E-state index contributed by atoms with van der Waals surface area (Å²) in [7, 11) is 0.